The topological polar surface area (TPSA) is 103 Å². The Morgan fingerprint density at radius 1 is 1.31 bits per heavy atom. The van der Waals surface area contributed by atoms with Crippen molar-refractivity contribution in [1.29, 1.82) is 0 Å². The Labute approximate surface area is 75.1 Å². The van der Waals surface area contributed by atoms with Crippen molar-refractivity contribution in [3.63, 3.8) is 0 Å². The molecule has 0 bridgehead atoms. The SMILES string of the molecule is O.O=Cc1cccc(S(=O)(=O)O)c1. The van der Waals surface area contributed by atoms with Crippen LogP contribution in [0, 0.1) is 0 Å². The van der Waals surface area contributed by atoms with Gasteiger partial charge in [-0.25, -0.2) is 0 Å². The van der Waals surface area contributed by atoms with Crippen LogP contribution in [0.2, 0.25) is 0 Å². The summed E-state index contributed by atoms with van der Waals surface area (Å²) in [6.45, 7) is 0. The van der Waals surface area contributed by atoms with Crippen LogP contribution in [0.15, 0.2) is 29.2 Å². The van der Waals surface area contributed by atoms with Crippen molar-refractivity contribution >= 4 is 16.4 Å². The van der Waals surface area contributed by atoms with E-state index < -0.39 is 10.1 Å². The summed E-state index contributed by atoms with van der Waals surface area (Å²) in [6, 6.07) is 5.14. The van der Waals surface area contributed by atoms with Gasteiger partial charge < -0.3 is 5.48 Å². The first-order valence-electron chi connectivity index (χ1n) is 3.07. The van der Waals surface area contributed by atoms with E-state index in [0.717, 1.165) is 6.07 Å². The molecular weight excluding hydrogens is 196 g/mol. The molecule has 0 heterocycles. The predicted molar refractivity (Wildman–Crippen MR) is 45.3 cm³/mol. The zero-order valence-electron chi connectivity index (χ0n) is 6.47. The van der Waals surface area contributed by atoms with Gasteiger partial charge in [0.15, 0.2) is 0 Å². The van der Waals surface area contributed by atoms with E-state index in [-0.39, 0.29) is 15.9 Å². The summed E-state index contributed by atoms with van der Waals surface area (Å²) < 4.78 is 29.6. The first kappa shape index (κ1) is 11.8. The standard InChI is InChI=1S/C7H6O4S.H2O/c8-5-6-2-1-3-7(4-6)12(9,10)11;/h1-5H,(H,9,10,11);1H2. The molecule has 0 aliphatic rings. The van der Waals surface area contributed by atoms with E-state index in [0.29, 0.717) is 6.29 Å². The number of benzene rings is 1. The molecule has 72 valence electrons. The summed E-state index contributed by atoms with van der Waals surface area (Å²) >= 11 is 0. The number of rotatable bonds is 2. The number of hydrogen-bond acceptors (Lipinski definition) is 3. The molecule has 0 saturated carbocycles. The molecule has 1 aromatic rings. The van der Waals surface area contributed by atoms with Crippen molar-refractivity contribution in [3.8, 4) is 0 Å². The van der Waals surface area contributed by atoms with Crippen molar-refractivity contribution in [2.45, 2.75) is 4.90 Å². The molecule has 0 amide bonds. The number of carbonyl (C=O) groups excluding carboxylic acids is 1. The Bertz CT molecular complexity index is 395. The quantitative estimate of drug-likeness (QED) is 0.537. The minimum absolute atomic E-state index is 0. The molecule has 1 rings (SSSR count). The molecule has 0 fully saturated rings. The molecule has 0 radical (unpaired) electrons. The van der Waals surface area contributed by atoms with Crippen LogP contribution in [-0.4, -0.2) is 24.7 Å². The zero-order valence-corrected chi connectivity index (χ0v) is 7.28. The van der Waals surface area contributed by atoms with Gasteiger partial charge in [-0.15, -0.1) is 0 Å². The Morgan fingerprint density at radius 3 is 2.38 bits per heavy atom. The minimum Gasteiger partial charge on any atom is -0.412 e. The maximum Gasteiger partial charge on any atom is 0.294 e. The molecule has 0 unspecified atom stereocenters. The van der Waals surface area contributed by atoms with Crippen LogP contribution in [-0.2, 0) is 10.1 Å². The third-order valence-electron chi connectivity index (χ3n) is 1.29. The van der Waals surface area contributed by atoms with Gasteiger partial charge >= 0.3 is 0 Å². The van der Waals surface area contributed by atoms with Gasteiger partial charge in [-0.2, -0.15) is 8.42 Å². The molecule has 3 N–H and O–H groups in total. The fraction of sp³-hybridized carbons (Fsp3) is 0. The van der Waals surface area contributed by atoms with Gasteiger partial charge in [0.1, 0.15) is 6.29 Å². The van der Waals surface area contributed by atoms with Crippen LogP contribution < -0.4 is 0 Å². The lowest BCUT2D eigenvalue weighted by Gasteiger charge is -1.95. The highest BCUT2D eigenvalue weighted by Crippen LogP contribution is 2.09. The van der Waals surface area contributed by atoms with Crippen molar-refractivity contribution in [2.24, 2.45) is 0 Å². The van der Waals surface area contributed by atoms with E-state index in [4.69, 9.17) is 4.55 Å². The van der Waals surface area contributed by atoms with Gasteiger partial charge in [-0.3, -0.25) is 9.35 Å². The molecule has 0 aromatic heterocycles. The molecule has 0 aliphatic carbocycles. The predicted octanol–water partition coefficient (Wildman–Crippen LogP) is -0.0789. The minimum atomic E-state index is -4.19. The fourth-order valence-electron chi connectivity index (χ4n) is 0.748. The van der Waals surface area contributed by atoms with Gasteiger partial charge in [-0.1, -0.05) is 12.1 Å². The van der Waals surface area contributed by atoms with Crippen LogP contribution in [0.5, 0.6) is 0 Å². The van der Waals surface area contributed by atoms with Gasteiger partial charge in [0.25, 0.3) is 10.1 Å². The summed E-state index contributed by atoms with van der Waals surface area (Å²) in [5.74, 6) is 0. The number of aldehydes is 1. The third kappa shape index (κ3) is 2.94. The van der Waals surface area contributed by atoms with Crippen molar-refractivity contribution in [1.82, 2.24) is 0 Å². The maximum atomic E-state index is 10.5. The average Bonchev–Trinajstić information content (AvgIpc) is 2.03. The highest BCUT2D eigenvalue weighted by atomic mass is 32.2. The van der Waals surface area contributed by atoms with Gasteiger partial charge in [0.2, 0.25) is 0 Å². The normalized spacial score (nSPS) is 10.2. The van der Waals surface area contributed by atoms with Gasteiger partial charge in [0.05, 0.1) is 4.90 Å². The average molecular weight is 204 g/mol. The lowest BCUT2D eigenvalue weighted by Crippen LogP contribution is -1.98. The van der Waals surface area contributed by atoms with Crippen LogP contribution in [0.25, 0.3) is 0 Å². The highest BCUT2D eigenvalue weighted by Gasteiger charge is 2.08. The molecule has 0 saturated heterocycles. The molecule has 6 heteroatoms. The Morgan fingerprint density at radius 2 is 1.92 bits per heavy atom. The molecule has 5 nitrogen and oxygen atoms in total. The first-order valence-corrected chi connectivity index (χ1v) is 4.51. The van der Waals surface area contributed by atoms with Crippen LogP contribution >= 0.6 is 0 Å². The molecular formula is C7H8O5S. The lowest BCUT2D eigenvalue weighted by atomic mass is 10.2. The summed E-state index contributed by atoms with van der Waals surface area (Å²) in [5, 5.41) is 0. The van der Waals surface area contributed by atoms with E-state index >= 15 is 0 Å². The monoisotopic (exact) mass is 204 g/mol. The number of carbonyl (C=O) groups is 1. The summed E-state index contributed by atoms with van der Waals surface area (Å²) in [4.78, 5) is 9.94. The molecule has 0 aliphatic heterocycles. The van der Waals surface area contributed by atoms with Crippen molar-refractivity contribution in [3.05, 3.63) is 29.8 Å². The number of hydrogen-bond donors (Lipinski definition) is 1. The second-order valence-corrected chi connectivity index (χ2v) is 3.59. The fourth-order valence-corrected chi connectivity index (χ4v) is 1.28. The van der Waals surface area contributed by atoms with Crippen molar-refractivity contribution in [2.75, 3.05) is 0 Å². The summed E-state index contributed by atoms with van der Waals surface area (Å²) in [7, 11) is -4.19. The van der Waals surface area contributed by atoms with Crippen LogP contribution in [0.4, 0.5) is 0 Å². The summed E-state index contributed by atoms with van der Waals surface area (Å²) in [6.07, 6.45) is 0.509. The Balaban J connectivity index is 0.00000144. The van der Waals surface area contributed by atoms with E-state index in [9.17, 15) is 13.2 Å². The second kappa shape index (κ2) is 4.13. The van der Waals surface area contributed by atoms with E-state index in [2.05, 4.69) is 0 Å². The molecule has 0 atom stereocenters. The van der Waals surface area contributed by atoms with Gasteiger partial charge in [0, 0.05) is 5.56 Å². The van der Waals surface area contributed by atoms with E-state index in [1.54, 1.807) is 0 Å². The molecule has 1 aromatic carbocycles. The smallest absolute Gasteiger partial charge is 0.294 e. The Hall–Kier alpha value is -1.24. The lowest BCUT2D eigenvalue weighted by molar-refractivity contribution is 0.112. The van der Waals surface area contributed by atoms with Gasteiger partial charge in [-0.05, 0) is 12.1 Å². The highest BCUT2D eigenvalue weighted by molar-refractivity contribution is 7.85. The zero-order chi connectivity index (χ0) is 9.19. The van der Waals surface area contributed by atoms with Crippen LogP contribution in [0.1, 0.15) is 10.4 Å². The largest absolute Gasteiger partial charge is 0.412 e. The second-order valence-electron chi connectivity index (χ2n) is 2.17. The van der Waals surface area contributed by atoms with E-state index in [1.807, 2.05) is 0 Å². The molecule has 13 heavy (non-hydrogen) atoms. The maximum absolute atomic E-state index is 10.5. The van der Waals surface area contributed by atoms with Crippen molar-refractivity contribution < 1.29 is 23.2 Å². The third-order valence-corrected chi connectivity index (χ3v) is 2.14. The summed E-state index contributed by atoms with van der Waals surface area (Å²) in [5.41, 5.74) is 0.213. The first-order chi connectivity index (χ1) is 5.54. The Kier molecular flexibility index (Phi) is 3.73. The van der Waals surface area contributed by atoms with E-state index in [1.165, 1.54) is 18.2 Å². The van der Waals surface area contributed by atoms with Crippen LogP contribution in [0.3, 0.4) is 0 Å². The molecule has 0 spiro atoms.